The van der Waals surface area contributed by atoms with Gasteiger partial charge in [-0.1, -0.05) is 41.0 Å². The van der Waals surface area contributed by atoms with Gasteiger partial charge in [0.05, 0.1) is 7.11 Å². The first-order chi connectivity index (χ1) is 13.6. The molecule has 176 valence electrons. The number of carbonyl (C=O) groups excluding carboxylic acids is 1. The Kier molecular flexibility index (Phi) is 7.53. The highest BCUT2D eigenvalue weighted by Crippen LogP contribution is 2.60. The highest BCUT2D eigenvalue weighted by Gasteiger charge is 2.56. The van der Waals surface area contributed by atoms with E-state index in [1.54, 1.807) is 0 Å². The molecule has 1 amide bonds. The van der Waals surface area contributed by atoms with Gasteiger partial charge in [0.1, 0.15) is 0 Å². The molecular formula is C23H43F2NO3Si. The van der Waals surface area contributed by atoms with E-state index in [0.29, 0.717) is 11.0 Å². The van der Waals surface area contributed by atoms with Crippen LogP contribution in [0.25, 0.3) is 0 Å². The first-order valence-corrected chi connectivity index (χ1v) is 14.4. The molecule has 0 aromatic carbocycles. The van der Waals surface area contributed by atoms with Crippen molar-refractivity contribution in [3.8, 4) is 0 Å². The van der Waals surface area contributed by atoms with Crippen LogP contribution in [-0.2, 0) is 14.1 Å². The number of amides is 1. The van der Waals surface area contributed by atoms with Crippen molar-refractivity contribution in [3.05, 3.63) is 0 Å². The fourth-order valence-electron chi connectivity index (χ4n) is 5.74. The summed E-state index contributed by atoms with van der Waals surface area (Å²) < 4.78 is 36.1. The fourth-order valence-corrected chi connectivity index (χ4v) is 7.13. The Morgan fingerprint density at radius 1 is 1.23 bits per heavy atom. The SMILES string of the molecule is CON(C)C(=O)C(F)(F)CC(C)[C@H]1CC[C@H]2[C@@H](O[Si](C)(C)C(C)(C)C)CCC[C@]12C. The normalized spacial score (nSPS) is 31.4. The summed E-state index contributed by atoms with van der Waals surface area (Å²) in [5, 5.41) is 0.789. The fraction of sp³-hybridized carbons (Fsp3) is 0.957. The van der Waals surface area contributed by atoms with Gasteiger partial charge in [0.25, 0.3) is 0 Å². The van der Waals surface area contributed by atoms with Crippen LogP contribution in [0.2, 0.25) is 18.1 Å². The van der Waals surface area contributed by atoms with Gasteiger partial charge in [0.2, 0.25) is 0 Å². The number of hydroxylamine groups is 2. The molecule has 2 saturated carbocycles. The molecule has 0 spiro atoms. The second-order valence-electron chi connectivity index (χ2n) is 11.5. The molecule has 2 fully saturated rings. The van der Waals surface area contributed by atoms with E-state index in [4.69, 9.17) is 9.26 Å². The molecular weight excluding hydrogens is 404 g/mol. The summed E-state index contributed by atoms with van der Waals surface area (Å²) in [7, 11) is 0.572. The molecule has 0 heterocycles. The maximum atomic E-state index is 14.6. The molecule has 2 aliphatic rings. The number of hydrogen-bond donors (Lipinski definition) is 0. The molecule has 2 rings (SSSR count). The van der Waals surface area contributed by atoms with Crippen molar-refractivity contribution in [1.82, 2.24) is 5.06 Å². The molecule has 7 heteroatoms. The zero-order valence-electron chi connectivity index (χ0n) is 20.5. The molecule has 1 unspecified atom stereocenters. The third-order valence-corrected chi connectivity index (χ3v) is 13.0. The molecule has 30 heavy (non-hydrogen) atoms. The Labute approximate surface area is 183 Å². The Bertz CT molecular complexity index is 622. The average Bonchev–Trinajstić information content (AvgIpc) is 2.96. The van der Waals surface area contributed by atoms with E-state index < -0.39 is 26.6 Å². The van der Waals surface area contributed by atoms with Crippen molar-refractivity contribution in [2.75, 3.05) is 14.2 Å². The molecule has 5 atom stereocenters. The van der Waals surface area contributed by atoms with Crippen molar-refractivity contribution in [1.29, 1.82) is 0 Å². The molecule has 0 N–H and O–H groups in total. The number of carbonyl (C=O) groups is 1. The zero-order chi connectivity index (χ0) is 23.1. The highest BCUT2D eigenvalue weighted by molar-refractivity contribution is 6.74. The Hall–Kier alpha value is -0.533. The molecule has 4 nitrogen and oxygen atoms in total. The van der Waals surface area contributed by atoms with Crippen LogP contribution in [0.1, 0.15) is 73.1 Å². The molecule has 0 radical (unpaired) electrons. The topological polar surface area (TPSA) is 38.8 Å². The Balaban J connectivity index is 2.15. The second kappa shape index (κ2) is 8.78. The van der Waals surface area contributed by atoms with Gasteiger partial charge in [0, 0.05) is 19.6 Å². The zero-order valence-corrected chi connectivity index (χ0v) is 21.5. The summed E-state index contributed by atoms with van der Waals surface area (Å²) in [6, 6.07) is 0. The van der Waals surface area contributed by atoms with E-state index in [1.807, 2.05) is 6.92 Å². The van der Waals surface area contributed by atoms with Crippen LogP contribution in [0, 0.1) is 23.2 Å². The number of nitrogens with zero attached hydrogens (tertiary/aromatic N) is 1. The van der Waals surface area contributed by atoms with Crippen LogP contribution in [0.5, 0.6) is 0 Å². The van der Waals surface area contributed by atoms with Crippen LogP contribution in [0.15, 0.2) is 0 Å². The summed E-state index contributed by atoms with van der Waals surface area (Å²) >= 11 is 0. The van der Waals surface area contributed by atoms with Gasteiger partial charge in [-0.3, -0.25) is 9.63 Å². The lowest BCUT2D eigenvalue weighted by molar-refractivity contribution is -0.197. The quantitative estimate of drug-likeness (QED) is 0.341. The van der Waals surface area contributed by atoms with Gasteiger partial charge >= 0.3 is 11.8 Å². The van der Waals surface area contributed by atoms with Crippen LogP contribution in [0.4, 0.5) is 8.78 Å². The molecule has 0 aromatic rings. The van der Waals surface area contributed by atoms with Crippen LogP contribution < -0.4 is 0 Å². The lowest BCUT2D eigenvalue weighted by Gasteiger charge is -2.50. The Morgan fingerprint density at radius 2 is 1.83 bits per heavy atom. The Morgan fingerprint density at radius 3 is 2.37 bits per heavy atom. The summed E-state index contributed by atoms with van der Waals surface area (Å²) in [6.45, 7) is 15.6. The number of halogens is 2. The summed E-state index contributed by atoms with van der Waals surface area (Å²) in [4.78, 5) is 16.7. The van der Waals surface area contributed by atoms with E-state index in [9.17, 15) is 13.6 Å². The summed E-state index contributed by atoms with van der Waals surface area (Å²) in [5.41, 5.74) is -0.00299. The number of alkyl halides is 2. The van der Waals surface area contributed by atoms with Gasteiger partial charge in [-0.05, 0) is 67.0 Å². The third kappa shape index (κ3) is 4.93. The molecule has 2 aliphatic carbocycles. The minimum absolute atomic E-state index is 0.00299. The van der Waals surface area contributed by atoms with Crippen molar-refractivity contribution in [2.24, 2.45) is 23.2 Å². The first kappa shape index (κ1) is 25.7. The third-order valence-electron chi connectivity index (χ3n) is 8.53. The largest absolute Gasteiger partial charge is 0.414 e. The molecule has 0 bridgehead atoms. The van der Waals surface area contributed by atoms with E-state index in [0.717, 1.165) is 32.1 Å². The maximum absolute atomic E-state index is 14.6. The van der Waals surface area contributed by atoms with Crippen LogP contribution >= 0.6 is 0 Å². The summed E-state index contributed by atoms with van der Waals surface area (Å²) in [5.74, 6) is -4.32. The molecule has 0 saturated heterocycles. The van der Waals surface area contributed by atoms with Gasteiger partial charge < -0.3 is 4.43 Å². The lowest BCUT2D eigenvalue weighted by Crippen LogP contribution is -2.50. The van der Waals surface area contributed by atoms with Crippen molar-refractivity contribution < 1.29 is 22.8 Å². The van der Waals surface area contributed by atoms with E-state index in [-0.39, 0.29) is 28.4 Å². The molecule has 0 aliphatic heterocycles. The van der Waals surface area contributed by atoms with Crippen LogP contribution in [-0.4, -0.2) is 45.5 Å². The van der Waals surface area contributed by atoms with Crippen molar-refractivity contribution >= 4 is 14.2 Å². The first-order valence-electron chi connectivity index (χ1n) is 11.4. The average molecular weight is 448 g/mol. The minimum Gasteiger partial charge on any atom is -0.414 e. The van der Waals surface area contributed by atoms with E-state index >= 15 is 0 Å². The monoisotopic (exact) mass is 447 g/mol. The standard InChI is InChI=1S/C23H43F2NO3Si/c1-16(15-23(24,25)20(27)26(6)28-7)17-12-13-18-19(11-10-14-22(17,18)5)29-30(8,9)21(2,3)4/h16-19H,10-15H2,1-9H3/t16?,17-,18+,19+,22-/m1/s1. The number of hydrogen-bond acceptors (Lipinski definition) is 3. The maximum Gasteiger partial charge on any atom is 0.327 e. The smallest absolute Gasteiger partial charge is 0.327 e. The molecule has 0 aromatic heterocycles. The number of fused-ring (bicyclic) bond motifs is 1. The van der Waals surface area contributed by atoms with E-state index in [2.05, 4.69) is 40.8 Å². The summed E-state index contributed by atoms with van der Waals surface area (Å²) in [6.07, 6.45) is 4.97. The predicted octanol–water partition coefficient (Wildman–Crippen LogP) is 6.27. The van der Waals surface area contributed by atoms with E-state index in [1.165, 1.54) is 14.2 Å². The van der Waals surface area contributed by atoms with Gasteiger partial charge in [-0.2, -0.15) is 8.78 Å². The minimum atomic E-state index is -3.41. The van der Waals surface area contributed by atoms with Crippen LogP contribution in [0.3, 0.4) is 0 Å². The number of rotatable bonds is 7. The van der Waals surface area contributed by atoms with Gasteiger partial charge in [0.15, 0.2) is 8.32 Å². The lowest BCUT2D eigenvalue weighted by atomic mass is 9.61. The predicted molar refractivity (Wildman–Crippen MR) is 119 cm³/mol. The van der Waals surface area contributed by atoms with Gasteiger partial charge in [-0.15, -0.1) is 0 Å². The van der Waals surface area contributed by atoms with Crippen molar-refractivity contribution in [3.63, 3.8) is 0 Å². The highest BCUT2D eigenvalue weighted by atomic mass is 28.4. The van der Waals surface area contributed by atoms with Crippen molar-refractivity contribution in [2.45, 2.75) is 103 Å². The second-order valence-corrected chi connectivity index (χ2v) is 16.2. The van der Waals surface area contributed by atoms with Gasteiger partial charge in [-0.25, -0.2) is 5.06 Å².